The molecule has 6 atom stereocenters. The summed E-state index contributed by atoms with van der Waals surface area (Å²) in [4.78, 5) is 28.6. The molecule has 4 rings (SSSR count). The van der Waals surface area contributed by atoms with Gasteiger partial charge in [0.05, 0.1) is 12.2 Å². The summed E-state index contributed by atoms with van der Waals surface area (Å²) < 4.78 is 17.3. The van der Waals surface area contributed by atoms with Crippen molar-refractivity contribution in [2.75, 3.05) is 0 Å². The van der Waals surface area contributed by atoms with Crippen LogP contribution in [0.15, 0.2) is 39.8 Å². The molecule has 172 valence electrons. The topological polar surface area (TPSA) is 119 Å². The van der Waals surface area contributed by atoms with Crippen molar-refractivity contribution in [3.05, 3.63) is 46.6 Å². The van der Waals surface area contributed by atoms with E-state index < -0.39 is 40.9 Å². The number of pyridine rings is 1. The molecule has 32 heavy (non-hydrogen) atoms. The minimum Gasteiger partial charge on any atom is -0.484 e. The second-order valence-corrected chi connectivity index (χ2v) is 9.20. The van der Waals surface area contributed by atoms with Crippen molar-refractivity contribution in [1.82, 2.24) is 4.98 Å². The number of aromatic nitrogens is 1. The Bertz CT molecular complexity index is 1070. The number of rotatable bonds is 4. The molecule has 1 unspecified atom stereocenters. The molecule has 0 radical (unpaired) electrons. The van der Waals surface area contributed by atoms with Crippen LogP contribution < -0.4 is 10.4 Å². The van der Waals surface area contributed by atoms with Crippen LogP contribution >= 0.6 is 0 Å². The van der Waals surface area contributed by atoms with Gasteiger partial charge in [-0.05, 0) is 45.2 Å². The molecule has 3 heterocycles. The lowest BCUT2D eigenvalue weighted by atomic mass is 9.61. The van der Waals surface area contributed by atoms with Gasteiger partial charge in [0.25, 0.3) is 0 Å². The van der Waals surface area contributed by atoms with E-state index in [4.69, 9.17) is 13.9 Å². The van der Waals surface area contributed by atoms with Crippen molar-refractivity contribution >= 4 is 5.97 Å². The molecule has 2 aromatic rings. The third-order valence-electron chi connectivity index (χ3n) is 7.29. The van der Waals surface area contributed by atoms with Crippen LogP contribution in [0, 0.1) is 11.8 Å². The monoisotopic (exact) mass is 443 g/mol. The number of esters is 1. The van der Waals surface area contributed by atoms with Crippen molar-refractivity contribution in [2.45, 2.75) is 70.4 Å². The highest BCUT2D eigenvalue weighted by molar-refractivity contribution is 5.66. The summed E-state index contributed by atoms with van der Waals surface area (Å²) in [6.45, 7) is 6.86. The van der Waals surface area contributed by atoms with Crippen molar-refractivity contribution in [2.24, 2.45) is 11.8 Å². The smallest absolute Gasteiger partial charge is 0.345 e. The van der Waals surface area contributed by atoms with Crippen LogP contribution in [-0.2, 0) is 9.53 Å². The Morgan fingerprint density at radius 1 is 1.38 bits per heavy atom. The molecule has 8 heteroatoms. The summed E-state index contributed by atoms with van der Waals surface area (Å²) in [5.74, 6) is -0.732. The highest BCUT2D eigenvalue weighted by Gasteiger charge is 2.58. The third kappa shape index (κ3) is 3.61. The average molecular weight is 443 g/mol. The zero-order chi connectivity index (χ0) is 23.3. The van der Waals surface area contributed by atoms with Gasteiger partial charge in [0.2, 0.25) is 0 Å². The first kappa shape index (κ1) is 22.5. The van der Waals surface area contributed by atoms with Gasteiger partial charge in [-0.2, -0.15) is 0 Å². The SMILES string of the molecule is CCC(C)(OC(C)=O)[C@H]1C[C@@H](O)[C@]2(C)Oc3cc(-c4cccnc4)oc(=O)c3[C@H](O)[C@H]2C1. The van der Waals surface area contributed by atoms with E-state index in [1.54, 1.807) is 37.5 Å². The van der Waals surface area contributed by atoms with Crippen LogP contribution in [0.1, 0.15) is 58.6 Å². The normalized spacial score (nSPS) is 30.9. The summed E-state index contributed by atoms with van der Waals surface area (Å²) in [6.07, 6.45) is 2.34. The molecular formula is C24H29NO7. The van der Waals surface area contributed by atoms with Gasteiger partial charge in [0.1, 0.15) is 28.3 Å². The molecule has 0 aromatic carbocycles. The van der Waals surface area contributed by atoms with Crippen LogP contribution in [0.25, 0.3) is 11.3 Å². The minimum atomic E-state index is -1.20. The van der Waals surface area contributed by atoms with E-state index in [-0.39, 0.29) is 23.0 Å². The summed E-state index contributed by atoms with van der Waals surface area (Å²) >= 11 is 0. The standard InChI is InChI=1S/C24H29NO7/c1-5-23(3,31-13(2)26)15-9-16-21(28)20-18(32-24(16,4)19(27)10-15)11-17(30-22(20)29)14-7-6-8-25-12-14/h6-8,11-12,15-16,19,21,27-28H,5,9-10H2,1-4H3/t15-,16-,19-,21-,23?,24-/m1/s1. The maximum Gasteiger partial charge on any atom is 0.345 e. The Morgan fingerprint density at radius 3 is 2.75 bits per heavy atom. The van der Waals surface area contributed by atoms with Crippen molar-refractivity contribution in [1.29, 1.82) is 0 Å². The van der Waals surface area contributed by atoms with Gasteiger partial charge in [-0.1, -0.05) is 6.92 Å². The molecule has 0 spiro atoms. The zero-order valence-corrected chi connectivity index (χ0v) is 18.7. The predicted octanol–water partition coefficient (Wildman–Crippen LogP) is 3.01. The fraction of sp³-hybridized carbons (Fsp3) is 0.542. The Morgan fingerprint density at radius 2 is 2.12 bits per heavy atom. The largest absolute Gasteiger partial charge is 0.484 e. The molecule has 2 aromatic heterocycles. The van der Waals surface area contributed by atoms with Crippen LogP contribution in [0.2, 0.25) is 0 Å². The number of carbonyl (C=O) groups excluding carboxylic acids is 1. The average Bonchev–Trinajstić information content (AvgIpc) is 2.74. The van der Waals surface area contributed by atoms with Gasteiger partial charge in [0, 0.05) is 42.8 Å². The number of aliphatic hydroxyl groups excluding tert-OH is 2. The van der Waals surface area contributed by atoms with Gasteiger partial charge in [-0.3, -0.25) is 9.78 Å². The lowest BCUT2D eigenvalue weighted by Crippen LogP contribution is -2.62. The van der Waals surface area contributed by atoms with Gasteiger partial charge >= 0.3 is 11.6 Å². The number of fused-ring (bicyclic) bond motifs is 2. The second-order valence-electron chi connectivity index (χ2n) is 9.20. The van der Waals surface area contributed by atoms with Crippen molar-refractivity contribution in [3.63, 3.8) is 0 Å². The summed E-state index contributed by atoms with van der Waals surface area (Å²) in [5, 5.41) is 22.4. The number of hydrogen-bond donors (Lipinski definition) is 2. The van der Waals surface area contributed by atoms with Crippen LogP contribution in [0.3, 0.4) is 0 Å². The Kier molecular flexibility index (Phi) is 5.63. The molecule has 2 N–H and O–H groups in total. The van der Waals surface area contributed by atoms with Gasteiger partial charge in [-0.25, -0.2) is 4.79 Å². The van der Waals surface area contributed by atoms with Gasteiger partial charge in [0.15, 0.2) is 0 Å². The minimum absolute atomic E-state index is 0.0404. The molecule has 2 aliphatic rings. The Hall–Kier alpha value is -2.71. The van der Waals surface area contributed by atoms with Gasteiger partial charge in [-0.15, -0.1) is 0 Å². The van der Waals surface area contributed by atoms with Crippen LogP contribution in [0.5, 0.6) is 5.75 Å². The summed E-state index contributed by atoms with van der Waals surface area (Å²) in [6, 6.07) is 5.04. The number of aliphatic hydroxyl groups is 2. The molecule has 8 nitrogen and oxygen atoms in total. The maximum atomic E-state index is 12.8. The first-order chi connectivity index (χ1) is 15.1. The van der Waals surface area contributed by atoms with E-state index >= 15 is 0 Å². The third-order valence-corrected chi connectivity index (χ3v) is 7.29. The molecule has 1 aliphatic heterocycles. The van der Waals surface area contributed by atoms with E-state index in [9.17, 15) is 19.8 Å². The highest BCUT2D eigenvalue weighted by atomic mass is 16.6. The molecule has 1 saturated carbocycles. The molecular weight excluding hydrogens is 414 g/mol. The molecule has 1 aliphatic carbocycles. The Labute approximate surface area is 186 Å². The lowest BCUT2D eigenvalue weighted by Gasteiger charge is -2.54. The fourth-order valence-corrected chi connectivity index (χ4v) is 5.17. The van der Waals surface area contributed by atoms with Gasteiger partial charge < -0.3 is 24.1 Å². The van der Waals surface area contributed by atoms with E-state index in [0.717, 1.165) is 0 Å². The van der Waals surface area contributed by atoms with Crippen molar-refractivity contribution < 1.29 is 28.9 Å². The Balaban J connectivity index is 1.73. The number of nitrogens with zero attached hydrogens (tertiary/aromatic N) is 1. The maximum absolute atomic E-state index is 12.8. The zero-order valence-electron chi connectivity index (χ0n) is 18.7. The van der Waals surface area contributed by atoms with Crippen LogP contribution in [-0.4, -0.2) is 38.5 Å². The quantitative estimate of drug-likeness (QED) is 0.692. The second kappa shape index (κ2) is 8.01. The van der Waals surface area contributed by atoms with E-state index in [2.05, 4.69) is 4.98 Å². The number of hydrogen-bond acceptors (Lipinski definition) is 8. The first-order valence-corrected chi connectivity index (χ1v) is 10.9. The summed E-state index contributed by atoms with van der Waals surface area (Å²) in [7, 11) is 0. The number of carbonyl (C=O) groups is 1. The van der Waals surface area contributed by atoms with Crippen LogP contribution in [0.4, 0.5) is 0 Å². The fourth-order valence-electron chi connectivity index (χ4n) is 5.17. The van der Waals surface area contributed by atoms with E-state index in [0.29, 0.717) is 24.8 Å². The predicted molar refractivity (Wildman–Crippen MR) is 115 cm³/mol. The molecule has 0 bridgehead atoms. The molecule has 0 amide bonds. The molecule has 0 saturated heterocycles. The lowest BCUT2D eigenvalue weighted by molar-refractivity contribution is -0.196. The van der Waals surface area contributed by atoms with Crippen molar-refractivity contribution in [3.8, 4) is 17.1 Å². The van der Waals surface area contributed by atoms with E-state index in [1.807, 2.05) is 13.8 Å². The highest BCUT2D eigenvalue weighted by Crippen LogP contribution is 2.53. The molecule has 1 fully saturated rings. The first-order valence-electron chi connectivity index (χ1n) is 10.9. The summed E-state index contributed by atoms with van der Waals surface area (Å²) in [5.41, 5.74) is -1.97. The number of ether oxygens (including phenoxy) is 2. The van der Waals surface area contributed by atoms with E-state index in [1.165, 1.54) is 6.92 Å².